The van der Waals surface area contributed by atoms with Crippen LogP contribution in [0.15, 0.2) is 71.4 Å². The van der Waals surface area contributed by atoms with Crippen molar-refractivity contribution in [2.24, 2.45) is 4.99 Å². The maximum atomic E-state index is 11.1. The standard InChI is InChI=1S/C22H27N5O2/c1-3-22(23-4-2)16-19(14-13-17-9-6-5-7-10-17)25-21(26-22)24-18-11-8-12-20(15-18)27(28)29/h5-12,15-16,23H,3-4,13-14H2,1-2H3,(H2,24,25,26). The summed E-state index contributed by atoms with van der Waals surface area (Å²) in [6.45, 7) is 4.93. The molecule has 2 aromatic carbocycles. The van der Waals surface area contributed by atoms with Crippen LogP contribution in [0.2, 0.25) is 0 Å². The largest absolute Gasteiger partial charge is 0.330 e. The van der Waals surface area contributed by atoms with Crippen LogP contribution in [0.4, 0.5) is 11.4 Å². The highest BCUT2D eigenvalue weighted by molar-refractivity contribution is 5.96. The van der Waals surface area contributed by atoms with Crippen LogP contribution in [-0.4, -0.2) is 23.1 Å². The van der Waals surface area contributed by atoms with Crippen molar-refractivity contribution < 1.29 is 4.92 Å². The van der Waals surface area contributed by atoms with Gasteiger partial charge >= 0.3 is 0 Å². The molecule has 0 fully saturated rings. The SMILES string of the molecule is CCNC1(CC)C=C(CCc2ccccc2)NC(Nc2cccc([N+](=O)[O-])c2)=N1. The monoisotopic (exact) mass is 393 g/mol. The Morgan fingerprint density at radius 1 is 1.10 bits per heavy atom. The lowest BCUT2D eigenvalue weighted by Crippen LogP contribution is -2.49. The fraction of sp³-hybridized carbons (Fsp3) is 0.318. The summed E-state index contributed by atoms with van der Waals surface area (Å²) in [4.78, 5) is 15.5. The van der Waals surface area contributed by atoms with Crippen molar-refractivity contribution in [1.29, 1.82) is 0 Å². The van der Waals surface area contributed by atoms with Crippen LogP contribution in [0.3, 0.4) is 0 Å². The van der Waals surface area contributed by atoms with Crippen molar-refractivity contribution in [3.8, 4) is 0 Å². The third-order valence-corrected chi connectivity index (χ3v) is 4.87. The number of benzene rings is 2. The lowest BCUT2D eigenvalue weighted by molar-refractivity contribution is -0.384. The number of aliphatic imine (C=N–C) groups is 1. The number of rotatable bonds is 8. The number of non-ortho nitro benzene ring substituents is 1. The van der Waals surface area contributed by atoms with E-state index in [4.69, 9.17) is 4.99 Å². The first-order chi connectivity index (χ1) is 14.0. The number of anilines is 1. The van der Waals surface area contributed by atoms with E-state index in [9.17, 15) is 10.1 Å². The van der Waals surface area contributed by atoms with Crippen LogP contribution in [-0.2, 0) is 6.42 Å². The van der Waals surface area contributed by atoms with Gasteiger partial charge in [0.2, 0.25) is 5.96 Å². The molecule has 3 N–H and O–H groups in total. The lowest BCUT2D eigenvalue weighted by atomic mass is 10.0. The summed E-state index contributed by atoms with van der Waals surface area (Å²) in [5.74, 6) is 0.582. The molecule has 2 aromatic rings. The summed E-state index contributed by atoms with van der Waals surface area (Å²) in [6, 6.07) is 16.8. The third kappa shape index (κ3) is 5.42. The van der Waals surface area contributed by atoms with Crippen LogP contribution >= 0.6 is 0 Å². The third-order valence-electron chi connectivity index (χ3n) is 4.87. The molecule has 29 heavy (non-hydrogen) atoms. The number of nitro benzene ring substituents is 1. The zero-order valence-electron chi connectivity index (χ0n) is 16.8. The van der Waals surface area contributed by atoms with Gasteiger partial charge in [0.15, 0.2) is 0 Å². The molecule has 0 aromatic heterocycles. The molecule has 0 amide bonds. The summed E-state index contributed by atoms with van der Waals surface area (Å²) < 4.78 is 0. The summed E-state index contributed by atoms with van der Waals surface area (Å²) >= 11 is 0. The molecule has 7 nitrogen and oxygen atoms in total. The van der Waals surface area contributed by atoms with Crippen molar-refractivity contribution in [1.82, 2.24) is 10.6 Å². The van der Waals surface area contributed by atoms with Gasteiger partial charge in [0, 0.05) is 23.5 Å². The second-order valence-electron chi connectivity index (χ2n) is 6.98. The predicted molar refractivity (Wildman–Crippen MR) is 117 cm³/mol. The van der Waals surface area contributed by atoms with Gasteiger partial charge in [-0.3, -0.25) is 15.4 Å². The predicted octanol–water partition coefficient (Wildman–Crippen LogP) is 4.20. The second-order valence-corrected chi connectivity index (χ2v) is 6.98. The van der Waals surface area contributed by atoms with Crippen molar-refractivity contribution in [2.75, 3.05) is 11.9 Å². The van der Waals surface area contributed by atoms with Gasteiger partial charge in [-0.05, 0) is 43.5 Å². The minimum atomic E-state index is -0.505. The van der Waals surface area contributed by atoms with E-state index in [-0.39, 0.29) is 5.69 Å². The highest BCUT2D eigenvalue weighted by atomic mass is 16.6. The van der Waals surface area contributed by atoms with Crippen LogP contribution < -0.4 is 16.0 Å². The average molecular weight is 393 g/mol. The van der Waals surface area contributed by atoms with E-state index in [2.05, 4.69) is 48.0 Å². The average Bonchev–Trinajstić information content (AvgIpc) is 2.73. The van der Waals surface area contributed by atoms with Gasteiger partial charge in [-0.1, -0.05) is 50.2 Å². The van der Waals surface area contributed by atoms with Gasteiger partial charge in [-0.2, -0.15) is 0 Å². The number of aryl methyl sites for hydroxylation is 1. The van der Waals surface area contributed by atoms with Crippen molar-refractivity contribution >= 4 is 17.3 Å². The van der Waals surface area contributed by atoms with Crippen LogP contribution in [0.25, 0.3) is 0 Å². The van der Waals surface area contributed by atoms with E-state index in [1.165, 1.54) is 17.7 Å². The maximum Gasteiger partial charge on any atom is 0.271 e. The quantitative estimate of drug-likeness (QED) is 0.462. The molecule has 1 atom stereocenters. The number of guanidine groups is 1. The topological polar surface area (TPSA) is 91.6 Å². The Morgan fingerprint density at radius 3 is 2.59 bits per heavy atom. The molecule has 1 aliphatic heterocycles. The van der Waals surface area contributed by atoms with Crippen LogP contribution in [0, 0.1) is 10.1 Å². The van der Waals surface area contributed by atoms with E-state index >= 15 is 0 Å². The Kier molecular flexibility index (Phi) is 6.61. The molecule has 1 aliphatic rings. The Hall–Kier alpha value is -3.19. The molecular formula is C22H27N5O2. The van der Waals surface area contributed by atoms with E-state index < -0.39 is 10.6 Å². The molecule has 0 aliphatic carbocycles. The Labute approximate surface area is 171 Å². The maximum absolute atomic E-state index is 11.1. The van der Waals surface area contributed by atoms with E-state index in [0.717, 1.165) is 31.5 Å². The summed E-state index contributed by atoms with van der Waals surface area (Å²) in [5, 5.41) is 21.1. The molecule has 152 valence electrons. The number of allylic oxidation sites excluding steroid dienone is 1. The van der Waals surface area contributed by atoms with Gasteiger partial charge in [0.1, 0.15) is 5.66 Å². The van der Waals surface area contributed by atoms with E-state index in [0.29, 0.717) is 11.6 Å². The van der Waals surface area contributed by atoms with Crippen molar-refractivity contribution in [3.63, 3.8) is 0 Å². The van der Waals surface area contributed by atoms with Gasteiger partial charge in [-0.25, -0.2) is 4.99 Å². The molecule has 0 saturated carbocycles. The van der Waals surface area contributed by atoms with Crippen LogP contribution in [0.5, 0.6) is 0 Å². The number of likely N-dealkylation sites (N-methyl/N-ethyl adjacent to an activating group) is 1. The molecule has 7 heteroatoms. The first-order valence-electron chi connectivity index (χ1n) is 9.92. The van der Waals surface area contributed by atoms with Gasteiger partial charge < -0.3 is 10.6 Å². The summed E-state index contributed by atoms with van der Waals surface area (Å²) in [6.07, 6.45) is 4.69. The molecule has 1 heterocycles. The molecule has 0 spiro atoms. The molecule has 0 bridgehead atoms. The number of nitro groups is 1. The fourth-order valence-electron chi connectivity index (χ4n) is 3.39. The summed E-state index contributed by atoms with van der Waals surface area (Å²) in [5.41, 5.74) is 2.50. The first-order valence-corrected chi connectivity index (χ1v) is 9.92. The van der Waals surface area contributed by atoms with Gasteiger partial charge in [0.05, 0.1) is 4.92 Å². The highest BCUT2D eigenvalue weighted by Crippen LogP contribution is 2.24. The normalized spacial score (nSPS) is 18.4. The molecule has 0 saturated heterocycles. The minimum absolute atomic E-state index is 0.0414. The number of nitrogens with one attached hydrogen (secondary N) is 3. The second kappa shape index (κ2) is 9.34. The number of hydrogen-bond donors (Lipinski definition) is 3. The highest BCUT2D eigenvalue weighted by Gasteiger charge is 2.29. The molecule has 1 unspecified atom stereocenters. The fourth-order valence-corrected chi connectivity index (χ4v) is 3.39. The lowest BCUT2D eigenvalue weighted by Gasteiger charge is -2.33. The smallest absolute Gasteiger partial charge is 0.271 e. The Balaban J connectivity index is 1.81. The molecule has 0 radical (unpaired) electrons. The zero-order chi connectivity index (χ0) is 20.7. The molecular weight excluding hydrogens is 366 g/mol. The number of nitrogens with zero attached hydrogens (tertiary/aromatic N) is 2. The minimum Gasteiger partial charge on any atom is -0.330 e. The Morgan fingerprint density at radius 2 is 1.90 bits per heavy atom. The van der Waals surface area contributed by atoms with Crippen molar-refractivity contribution in [3.05, 3.63) is 82.0 Å². The first kappa shape index (κ1) is 20.5. The van der Waals surface area contributed by atoms with E-state index in [1.54, 1.807) is 12.1 Å². The van der Waals surface area contributed by atoms with Gasteiger partial charge in [-0.15, -0.1) is 0 Å². The van der Waals surface area contributed by atoms with Crippen molar-refractivity contribution in [2.45, 2.75) is 38.8 Å². The van der Waals surface area contributed by atoms with E-state index in [1.807, 2.05) is 18.2 Å². The Bertz CT molecular complexity index is 910. The zero-order valence-corrected chi connectivity index (χ0v) is 16.8. The number of hydrogen-bond acceptors (Lipinski definition) is 6. The van der Waals surface area contributed by atoms with Crippen LogP contribution in [0.1, 0.15) is 32.3 Å². The molecule has 3 rings (SSSR count). The van der Waals surface area contributed by atoms with Gasteiger partial charge in [0.25, 0.3) is 5.69 Å². The summed E-state index contributed by atoms with van der Waals surface area (Å²) in [7, 11) is 0.